The van der Waals surface area contributed by atoms with E-state index in [2.05, 4.69) is 21.2 Å². The van der Waals surface area contributed by atoms with E-state index in [-0.39, 0.29) is 17.7 Å². The van der Waals surface area contributed by atoms with Gasteiger partial charge in [0.25, 0.3) is 5.91 Å². The van der Waals surface area contributed by atoms with E-state index in [9.17, 15) is 9.90 Å². The van der Waals surface area contributed by atoms with Crippen LogP contribution in [-0.2, 0) is 0 Å². The van der Waals surface area contributed by atoms with Crippen LogP contribution in [0.25, 0.3) is 0 Å². The molecule has 2 rings (SSSR count). The summed E-state index contributed by atoms with van der Waals surface area (Å²) >= 11 is 3.23. The molecule has 1 aliphatic carbocycles. The number of methoxy groups -OCH3 is 1. The molecule has 0 spiro atoms. The van der Waals surface area contributed by atoms with Gasteiger partial charge in [0.15, 0.2) is 11.5 Å². The van der Waals surface area contributed by atoms with Crippen LogP contribution in [0.15, 0.2) is 16.6 Å². The molecule has 4 nitrogen and oxygen atoms in total. The maximum atomic E-state index is 12.3. The molecular formula is C15H20BrNO3. The Bertz CT molecular complexity index is 482. The van der Waals surface area contributed by atoms with E-state index in [4.69, 9.17) is 4.74 Å². The van der Waals surface area contributed by atoms with Crippen molar-refractivity contribution >= 4 is 21.8 Å². The molecule has 1 amide bonds. The van der Waals surface area contributed by atoms with Gasteiger partial charge in [0.1, 0.15) is 0 Å². The third-order valence-electron chi connectivity index (χ3n) is 3.70. The van der Waals surface area contributed by atoms with Gasteiger partial charge in [-0.1, -0.05) is 25.7 Å². The fourth-order valence-corrected chi connectivity index (χ4v) is 2.99. The molecule has 0 heterocycles. The van der Waals surface area contributed by atoms with Gasteiger partial charge in [0.05, 0.1) is 11.6 Å². The predicted molar refractivity (Wildman–Crippen MR) is 81.3 cm³/mol. The topological polar surface area (TPSA) is 58.6 Å². The first kappa shape index (κ1) is 15.2. The maximum Gasteiger partial charge on any atom is 0.251 e. The molecule has 0 radical (unpaired) electrons. The molecule has 0 unspecified atom stereocenters. The summed E-state index contributed by atoms with van der Waals surface area (Å²) in [5.41, 5.74) is 0.496. The van der Waals surface area contributed by atoms with E-state index in [1.165, 1.54) is 32.8 Å². The minimum absolute atomic E-state index is 0.0125. The molecule has 1 aromatic rings. The van der Waals surface area contributed by atoms with Gasteiger partial charge in [-0.2, -0.15) is 0 Å². The van der Waals surface area contributed by atoms with E-state index >= 15 is 0 Å². The number of phenols is 1. The lowest BCUT2D eigenvalue weighted by molar-refractivity contribution is 0.0933. The number of amides is 1. The summed E-state index contributed by atoms with van der Waals surface area (Å²) in [6, 6.07) is 3.43. The predicted octanol–water partition coefficient (Wildman–Crippen LogP) is 3.62. The van der Waals surface area contributed by atoms with Gasteiger partial charge in [-0.05, 0) is 40.9 Å². The Kier molecular flexibility index (Phi) is 5.29. The van der Waals surface area contributed by atoms with Gasteiger partial charge in [-0.25, -0.2) is 0 Å². The molecule has 0 bridgehead atoms. The number of nitrogens with one attached hydrogen (secondary N) is 1. The summed E-state index contributed by atoms with van der Waals surface area (Å²) in [5.74, 6) is 0.194. The molecule has 1 aromatic carbocycles. The highest BCUT2D eigenvalue weighted by atomic mass is 79.9. The largest absolute Gasteiger partial charge is 0.503 e. The standard InChI is InChI=1S/C15H20BrNO3/c1-20-13-9-10(8-12(16)14(13)18)15(19)17-11-6-4-2-3-5-7-11/h8-9,11,18H,2-7H2,1H3,(H,17,19). The monoisotopic (exact) mass is 341 g/mol. The van der Waals surface area contributed by atoms with Crippen LogP contribution < -0.4 is 10.1 Å². The highest BCUT2D eigenvalue weighted by Gasteiger charge is 2.18. The Morgan fingerprint density at radius 1 is 1.30 bits per heavy atom. The summed E-state index contributed by atoms with van der Waals surface area (Å²) in [4.78, 5) is 12.3. The van der Waals surface area contributed by atoms with Crippen LogP contribution in [0.2, 0.25) is 0 Å². The van der Waals surface area contributed by atoms with Crippen molar-refractivity contribution in [3.8, 4) is 11.5 Å². The Balaban J connectivity index is 2.10. The van der Waals surface area contributed by atoms with Crippen molar-refractivity contribution in [1.82, 2.24) is 5.32 Å². The summed E-state index contributed by atoms with van der Waals surface area (Å²) in [6.45, 7) is 0. The molecule has 0 aliphatic heterocycles. The van der Waals surface area contributed by atoms with Crippen LogP contribution >= 0.6 is 15.9 Å². The van der Waals surface area contributed by atoms with Crippen LogP contribution in [-0.4, -0.2) is 24.2 Å². The lowest BCUT2D eigenvalue weighted by Gasteiger charge is -2.17. The molecular weight excluding hydrogens is 322 g/mol. The van der Waals surface area contributed by atoms with Crippen molar-refractivity contribution in [2.24, 2.45) is 0 Å². The second-order valence-electron chi connectivity index (χ2n) is 5.17. The van der Waals surface area contributed by atoms with Gasteiger partial charge < -0.3 is 15.2 Å². The van der Waals surface area contributed by atoms with Crippen molar-refractivity contribution in [3.63, 3.8) is 0 Å². The number of rotatable bonds is 3. The van der Waals surface area contributed by atoms with Crippen molar-refractivity contribution in [2.45, 2.75) is 44.6 Å². The van der Waals surface area contributed by atoms with Crippen LogP contribution in [0.5, 0.6) is 11.5 Å². The highest BCUT2D eigenvalue weighted by Crippen LogP contribution is 2.35. The van der Waals surface area contributed by atoms with Crippen molar-refractivity contribution in [2.75, 3.05) is 7.11 Å². The van der Waals surface area contributed by atoms with Gasteiger partial charge in [-0.3, -0.25) is 4.79 Å². The van der Waals surface area contributed by atoms with Gasteiger partial charge in [0, 0.05) is 11.6 Å². The number of carbonyl (C=O) groups is 1. The molecule has 0 atom stereocenters. The first-order chi connectivity index (χ1) is 9.61. The minimum Gasteiger partial charge on any atom is -0.503 e. The Morgan fingerprint density at radius 2 is 1.95 bits per heavy atom. The number of phenolic OH excluding ortho intramolecular Hbond substituents is 1. The Hall–Kier alpha value is -1.23. The van der Waals surface area contributed by atoms with Crippen molar-refractivity contribution < 1.29 is 14.6 Å². The fourth-order valence-electron chi connectivity index (χ4n) is 2.55. The molecule has 0 aromatic heterocycles. The summed E-state index contributed by atoms with van der Waals surface area (Å²) in [6.07, 6.45) is 6.95. The van der Waals surface area contributed by atoms with E-state index in [1.807, 2.05) is 0 Å². The zero-order valence-corrected chi connectivity index (χ0v) is 13.2. The second kappa shape index (κ2) is 6.97. The van der Waals surface area contributed by atoms with E-state index in [0.29, 0.717) is 15.8 Å². The van der Waals surface area contributed by atoms with E-state index < -0.39 is 0 Å². The maximum absolute atomic E-state index is 12.3. The highest BCUT2D eigenvalue weighted by molar-refractivity contribution is 9.10. The van der Waals surface area contributed by atoms with Crippen LogP contribution in [0.3, 0.4) is 0 Å². The molecule has 110 valence electrons. The quantitative estimate of drug-likeness (QED) is 0.825. The molecule has 2 N–H and O–H groups in total. The van der Waals surface area contributed by atoms with E-state index in [0.717, 1.165) is 12.8 Å². The zero-order valence-electron chi connectivity index (χ0n) is 11.6. The molecule has 1 saturated carbocycles. The third-order valence-corrected chi connectivity index (χ3v) is 4.31. The van der Waals surface area contributed by atoms with Crippen LogP contribution in [0.1, 0.15) is 48.9 Å². The second-order valence-corrected chi connectivity index (χ2v) is 6.03. The Labute approximate surface area is 127 Å². The summed E-state index contributed by atoms with van der Waals surface area (Å²) in [7, 11) is 1.47. The third kappa shape index (κ3) is 3.66. The smallest absolute Gasteiger partial charge is 0.251 e. The number of hydrogen-bond donors (Lipinski definition) is 2. The number of benzene rings is 1. The lowest BCUT2D eigenvalue weighted by atomic mass is 10.1. The zero-order chi connectivity index (χ0) is 14.5. The average molecular weight is 342 g/mol. The minimum atomic E-state index is -0.115. The van der Waals surface area contributed by atoms with Crippen molar-refractivity contribution in [1.29, 1.82) is 0 Å². The molecule has 5 heteroatoms. The lowest BCUT2D eigenvalue weighted by Crippen LogP contribution is -2.34. The SMILES string of the molecule is COc1cc(C(=O)NC2CCCCCC2)cc(Br)c1O. The first-order valence-corrected chi connectivity index (χ1v) is 7.78. The molecule has 1 aliphatic rings. The Morgan fingerprint density at radius 3 is 2.55 bits per heavy atom. The average Bonchev–Trinajstić information content (AvgIpc) is 2.70. The van der Waals surface area contributed by atoms with Crippen LogP contribution in [0, 0.1) is 0 Å². The number of halogens is 1. The number of aromatic hydroxyl groups is 1. The van der Waals surface area contributed by atoms with E-state index in [1.54, 1.807) is 12.1 Å². The van der Waals surface area contributed by atoms with Gasteiger partial charge in [-0.15, -0.1) is 0 Å². The number of hydrogen-bond acceptors (Lipinski definition) is 3. The molecule has 20 heavy (non-hydrogen) atoms. The fraction of sp³-hybridized carbons (Fsp3) is 0.533. The van der Waals surface area contributed by atoms with Crippen LogP contribution in [0.4, 0.5) is 0 Å². The van der Waals surface area contributed by atoms with Gasteiger partial charge >= 0.3 is 0 Å². The summed E-state index contributed by atoms with van der Waals surface area (Å²) < 4.78 is 5.53. The number of carbonyl (C=O) groups excluding carboxylic acids is 1. The normalized spacial score (nSPS) is 16.5. The summed E-state index contributed by atoms with van der Waals surface area (Å²) in [5, 5.41) is 12.8. The first-order valence-electron chi connectivity index (χ1n) is 6.99. The number of ether oxygens (including phenoxy) is 1. The van der Waals surface area contributed by atoms with Crippen molar-refractivity contribution in [3.05, 3.63) is 22.2 Å². The molecule has 1 fully saturated rings. The van der Waals surface area contributed by atoms with Gasteiger partial charge in [0.2, 0.25) is 0 Å². The molecule has 0 saturated heterocycles.